The average molecular weight is 270 g/mol. The lowest BCUT2D eigenvalue weighted by Crippen LogP contribution is -2.34. The number of hydrogen-bond acceptors (Lipinski definition) is 3. The Kier molecular flexibility index (Phi) is 3.43. The molecule has 96 valence electrons. The quantitative estimate of drug-likeness (QED) is 0.825. The SMILES string of the molecule is CC1Oc2ccc(C(Cl)CC(=O)O)cc2NC1=O. The third-order valence-corrected chi connectivity index (χ3v) is 3.06. The third kappa shape index (κ3) is 2.56. The second-order valence-electron chi connectivity index (χ2n) is 4.07. The number of hydrogen-bond donors (Lipinski definition) is 2. The summed E-state index contributed by atoms with van der Waals surface area (Å²) in [6.07, 6.45) is -0.708. The molecule has 0 spiro atoms. The number of rotatable bonds is 3. The van der Waals surface area contributed by atoms with Crippen LogP contribution in [0.25, 0.3) is 0 Å². The molecule has 1 heterocycles. The van der Waals surface area contributed by atoms with Crippen molar-refractivity contribution in [2.75, 3.05) is 5.32 Å². The van der Waals surface area contributed by atoms with Gasteiger partial charge in [0.15, 0.2) is 6.10 Å². The summed E-state index contributed by atoms with van der Waals surface area (Å²) in [5.74, 6) is -0.643. The van der Waals surface area contributed by atoms with E-state index in [0.717, 1.165) is 0 Å². The van der Waals surface area contributed by atoms with Crippen LogP contribution >= 0.6 is 11.6 Å². The molecule has 5 nitrogen and oxygen atoms in total. The molecule has 2 rings (SSSR count). The number of ether oxygens (including phenoxy) is 1. The van der Waals surface area contributed by atoms with E-state index >= 15 is 0 Å². The van der Waals surface area contributed by atoms with Crippen LogP contribution in [0.2, 0.25) is 0 Å². The normalized spacial score (nSPS) is 19.4. The summed E-state index contributed by atoms with van der Waals surface area (Å²) in [6, 6.07) is 5.02. The van der Waals surface area contributed by atoms with Crippen LogP contribution in [0.4, 0.5) is 5.69 Å². The molecule has 1 amide bonds. The number of nitrogens with one attached hydrogen (secondary N) is 1. The number of benzene rings is 1. The first kappa shape index (κ1) is 12.7. The van der Waals surface area contributed by atoms with Gasteiger partial charge >= 0.3 is 5.97 Å². The van der Waals surface area contributed by atoms with Crippen LogP contribution in [-0.2, 0) is 9.59 Å². The minimum atomic E-state index is -0.971. The second kappa shape index (κ2) is 4.86. The van der Waals surface area contributed by atoms with Gasteiger partial charge in [0.25, 0.3) is 5.91 Å². The van der Waals surface area contributed by atoms with Crippen LogP contribution in [0.15, 0.2) is 18.2 Å². The molecule has 0 saturated carbocycles. The maximum atomic E-state index is 11.5. The first-order valence-corrected chi connectivity index (χ1v) is 5.88. The minimum Gasteiger partial charge on any atom is -0.481 e. The Morgan fingerprint density at radius 2 is 2.33 bits per heavy atom. The van der Waals surface area contributed by atoms with E-state index in [0.29, 0.717) is 17.0 Å². The van der Waals surface area contributed by atoms with Gasteiger partial charge in [-0.25, -0.2) is 0 Å². The Balaban J connectivity index is 2.24. The van der Waals surface area contributed by atoms with E-state index in [9.17, 15) is 9.59 Å². The molecule has 0 bridgehead atoms. The number of halogens is 1. The highest BCUT2D eigenvalue weighted by Crippen LogP contribution is 2.34. The topological polar surface area (TPSA) is 75.6 Å². The molecule has 1 aromatic carbocycles. The van der Waals surface area contributed by atoms with Crippen molar-refractivity contribution in [2.45, 2.75) is 24.8 Å². The Morgan fingerprint density at radius 1 is 1.61 bits per heavy atom. The second-order valence-corrected chi connectivity index (χ2v) is 4.60. The van der Waals surface area contributed by atoms with Gasteiger partial charge in [0.05, 0.1) is 17.5 Å². The number of fused-ring (bicyclic) bond motifs is 1. The highest BCUT2D eigenvalue weighted by molar-refractivity contribution is 6.21. The lowest BCUT2D eigenvalue weighted by molar-refractivity contribution is -0.137. The molecule has 0 radical (unpaired) electrons. The summed E-state index contributed by atoms with van der Waals surface area (Å²) < 4.78 is 5.39. The van der Waals surface area contributed by atoms with Gasteiger partial charge in [-0.15, -0.1) is 11.6 Å². The molecule has 6 heteroatoms. The van der Waals surface area contributed by atoms with E-state index in [-0.39, 0.29) is 12.3 Å². The maximum absolute atomic E-state index is 11.5. The van der Waals surface area contributed by atoms with Crippen LogP contribution in [0.5, 0.6) is 5.75 Å². The Hall–Kier alpha value is -1.75. The zero-order valence-corrected chi connectivity index (χ0v) is 10.4. The molecule has 0 fully saturated rings. The van der Waals surface area contributed by atoms with Crippen molar-refractivity contribution in [1.82, 2.24) is 0 Å². The molecule has 0 aliphatic carbocycles. The molecule has 2 atom stereocenters. The smallest absolute Gasteiger partial charge is 0.305 e. The maximum Gasteiger partial charge on any atom is 0.305 e. The number of amides is 1. The average Bonchev–Trinajstić information content (AvgIpc) is 2.29. The molecule has 2 unspecified atom stereocenters. The number of carbonyl (C=O) groups is 2. The van der Waals surface area contributed by atoms with Gasteiger partial charge in [-0.2, -0.15) is 0 Å². The molecule has 18 heavy (non-hydrogen) atoms. The fourth-order valence-corrected chi connectivity index (χ4v) is 1.96. The number of carbonyl (C=O) groups excluding carboxylic acids is 1. The fourth-order valence-electron chi connectivity index (χ4n) is 1.69. The van der Waals surface area contributed by atoms with Crippen molar-refractivity contribution in [2.24, 2.45) is 0 Å². The number of carboxylic acids is 1. The van der Waals surface area contributed by atoms with Crippen molar-refractivity contribution in [3.8, 4) is 5.75 Å². The summed E-state index contributed by atoms with van der Waals surface area (Å²) in [4.78, 5) is 22.0. The van der Waals surface area contributed by atoms with Gasteiger partial charge in [-0.05, 0) is 24.6 Å². The van der Waals surface area contributed by atoms with Gasteiger partial charge in [0.1, 0.15) is 5.75 Å². The largest absolute Gasteiger partial charge is 0.481 e. The van der Waals surface area contributed by atoms with E-state index in [4.69, 9.17) is 21.4 Å². The van der Waals surface area contributed by atoms with Crippen LogP contribution in [-0.4, -0.2) is 23.1 Å². The van der Waals surface area contributed by atoms with Crippen LogP contribution in [0.3, 0.4) is 0 Å². The number of anilines is 1. The summed E-state index contributed by atoms with van der Waals surface area (Å²) >= 11 is 5.97. The van der Waals surface area contributed by atoms with E-state index in [2.05, 4.69) is 5.32 Å². The van der Waals surface area contributed by atoms with E-state index in [1.807, 2.05) is 0 Å². The molecular formula is C12H12ClNO4. The summed E-state index contributed by atoms with van der Waals surface area (Å²) in [5.41, 5.74) is 1.16. The van der Waals surface area contributed by atoms with Crippen LogP contribution < -0.4 is 10.1 Å². The molecule has 1 aliphatic rings. The van der Waals surface area contributed by atoms with E-state index in [1.165, 1.54) is 0 Å². The molecule has 0 aromatic heterocycles. The number of aliphatic carboxylic acids is 1. The summed E-state index contributed by atoms with van der Waals surface area (Å²) in [7, 11) is 0. The van der Waals surface area contributed by atoms with Crippen molar-refractivity contribution < 1.29 is 19.4 Å². The first-order chi connectivity index (χ1) is 8.47. The lowest BCUT2D eigenvalue weighted by Gasteiger charge is -2.24. The lowest BCUT2D eigenvalue weighted by atomic mass is 10.1. The molecule has 2 N–H and O–H groups in total. The highest BCUT2D eigenvalue weighted by Gasteiger charge is 2.24. The fraction of sp³-hybridized carbons (Fsp3) is 0.333. The zero-order chi connectivity index (χ0) is 13.3. The van der Waals surface area contributed by atoms with Gasteiger partial charge in [0.2, 0.25) is 0 Å². The Labute approximate surface area is 109 Å². The van der Waals surface area contributed by atoms with Crippen molar-refractivity contribution >= 4 is 29.2 Å². The standard InChI is InChI=1S/C12H12ClNO4/c1-6-12(17)14-9-4-7(2-3-10(9)18-6)8(13)5-11(15)16/h2-4,6,8H,5H2,1H3,(H,14,17)(H,15,16). The first-order valence-electron chi connectivity index (χ1n) is 5.44. The molecule has 1 aliphatic heterocycles. The predicted octanol–water partition coefficient (Wildman–Crippen LogP) is 2.16. The van der Waals surface area contributed by atoms with Crippen molar-refractivity contribution in [3.63, 3.8) is 0 Å². The van der Waals surface area contributed by atoms with Gasteiger partial charge in [0, 0.05) is 0 Å². The van der Waals surface area contributed by atoms with Crippen molar-refractivity contribution in [3.05, 3.63) is 23.8 Å². The molecular weight excluding hydrogens is 258 g/mol. The highest BCUT2D eigenvalue weighted by atomic mass is 35.5. The van der Waals surface area contributed by atoms with Crippen molar-refractivity contribution in [1.29, 1.82) is 0 Å². The number of alkyl halides is 1. The monoisotopic (exact) mass is 269 g/mol. The van der Waals surface area contributed by atoms with E-state index < -0.39 is 17.5 Å². The van der Waals surface area contributed by atoms with Gasteiger partial charge < -0.3 is 15.2 Å². The summed E-state index contributed by atoms with van der Waals surface area (Å²) in [6.45, 7) is 1.65. The van der Waals surface area contributed by atoms with Crippen LogP contribution in [0, 0.1) is 0 Å². The Morgan fingerprint density at radius 3 is 3.00 bits per heavy atom. The van der Waals surface area contributed by atoms with Gasteiger partial charge in [-0.1, -0.05) is 6.07 Å². The van der Waals surface area contributed by atoms with E-state index in [1.54, 1.807) is 25.1 Å². The molecule has 1 aromatic rings. The number of carboxylic acid groups (broad SMARTS) is 1. The minimum absolute atomic E-state index is 0.175. The molecule has 0 saturated heterocycles. The predicted molar refractivity (Wildman–Crippen MR) is 66.0 cm³/mol. The third-order valence-electron chi connectivity index (χ3n) is 2.65. The van der Waals surface area contributed by atoms with Crippen LogP contribution in [0.1, 0.15) is 24.3 Å². The summed E-state index contributed by atoms with van der Waals surface area (Å²) in [5, 5.41) is 10.7. The Bertz CT molecular complexity index is 503. The van der Waals surface area contributed by atoms with Gasteiger partial charge in [-0.3, -0.25) is 9.59 Å². The zero-order valence-electron chi connectivity index (χ0n) is 9.64.